The number of amides is 1. The quantitative estimate of drug-likeness (QED) is 0.172. The highest BCUT2D eigenvalue weighted by Crippen LogP contribution is 2.44. The first-order chi connectivity index (χ1) is 20.5. The number of hydrogen-bond acceptors (Lipinski definition) is 12. The van der Waals surface area contributed by atoms with Crippen LogP contribution in [-0.4, -0.2) is 71.8 Å². The number of rotatable bonds is 10. The van der Waals surface area contributed by atoms with Crippen molar-refractivity contribution in [2.75, 3.05) is 10.7 Å². The van der Waals surface area contributed by atoms with E-state index in [9.17, 15) is 43.1 Å². The van der Waals surface area contributed by atoms with Crippen LogP contribution in [0.15, 0.2) is 83.2 Å². The minimum absolute atomic E-state index is 0.0552. The maximum absolute atomic E-state index is 13.3. The van der Waals surface area contributed by atoms with Crippen molar-refractivity contribution in [2.45, 2.75) is 42.9 Å². The lowest BCUT2D eigenvalue weighted by molar-refractivity contribution is -0.193. The molecular formula is C28H25N3O11S. The van der Waals surface area contributed by atoms with E-state index in [0.717, 1.165) is 0 Å². The number of hydrogen-bond donors (Lipinski definition) is 3. The molecule has 2 aliphatic rings. The fraction of sp³-hybridized carbons (Fsp3) is 0.286. The highest BCUT2D eigenvalue weighted by molar-refractivity contribution is 7.87. The second-order valence-corrected chi connectivity index (χ2v) is 11.6. The lowest BCUT2D eigenvalue weighted by atomic mass is 9.90. The molecule has 224 valence electrons. The van der Waals surface area contributed by atoms with Crippen molar-refractivity contribution >= 4 is 33.4 Å². The number of β-lactam (4-membered cyclic amide) rings is 1. The molecule has 6 unspecified atom stereocenters. The van der Waals surface area contributed by atoms with Gasteiger partial charge < -0.3 is 29.1 Å². The van der Waals surface area contributed by atoms with Gasteiger partial charge in [0.05, 0.1) is 12.5 Å². The van der Waals surface area contributed by atoms with Crippen molar-refractivity contribution < 1.29 is 42.2 Å². The van der Waals surface area contributed by atoms with Crippen LogP contribution in [0.1, 0.15) is 18.0 Å². The third-order valence-corrected chi connectivity index (χ3v) is 8.49. The summed E-state index contributed by atoms with van der Waals surface area (Å²) >= 11 is 0. The Balaban J connectivity index is 1.49. The van der Waals surface area contributed by atoms with Gasteiger partial charge in [0.15, 0.2) is 6.10 Å². The average molecular weight is 612 g/mol. The first kappa shape index (κ1) is 29.9. The Morgan fingerprint density at radius 2 is 1.65 bits per heavy atom. The minimum Gasteiger partial charge on any atom is -0.479 e. The number of para-hydroxylation sites is 1. The molecule has 0 bridgehead atoms. The normalized spacial score (nSPS) is 25.4. The molecule has 5 rings (SSSR count). The van der Waals surface area contributed by atoms with Crippen molar-refractivity contribution in [3.05, 3.63) is 88.2 Å². The molecule has 3 N–H and O–H groups in total. The van der Waals surface area contributed by atoms with Gasteiger partial charge in [-0.3, -0.25) is 4.79 Å². The number of ether oxygens (including phenoxy) is 1. The Kier molecular flexibility index (Phi) is 8.32. The molecule has 0 spiro atoms. The molecule has 2 fully saturated rings. The fourth-order valence-corrected chi connectivity index (χ4v) is 6.31. The van der Waals surface area contributed by atoms with Crippen LogP contribution in [-0.2, 0) is 24.4 Å². The Hall–Kier alpha value is -4.57. The van der Waals surface area contributed by atoms with E-state index in [0.29, 0.717) is 22.4 Å². The molecule has 0 saturated carbocycles. The van der Waals surface area contributed by atoms with Crippen molar-refractivity contribution in [1.82, 2.24) is 0 Å². The summed E-state index contributed by atoms with van der Waals surface area (Å²) in [6, 6.07) is 17.2. The van der Waals surface area contributed by atoms with E-state index in [4.69, 9.17) is 8.92 Å². The number of aliphatic hydroxyl groups is 2. The number of nitrogens with zero attached hydrogens (tertiary/aromatic N) is 3. The van der Waals surface area contributed by atoms with Crippen LogP contribution in [0, 0.1) is 9.81 Å². The molecule has 15 heteroatoms. The third kappa shape index (κ3) is 6.01. The van der Waals surface area contributed by atoms with Gasteiger partial charge in [0.2, 0.25) is 5.91 Å². The largest absolute Gasteiger partial charge is 0.479 e. The molecule has 2 heterocycles. The number of carbonyl (C=O) groups is 2. The number of carboxylic acid groups (broad SMARTS) is 1. The van der Waals surface area contributed by atoms with E-state index in [2.05, 4.69) is 10.4 Å². The predicted octanol–water partition coefficient (Wildman–Crippen LogP) is 2.65. The van der Waals surface area contributed by atoms with Gasteiger partial charge in [0, 0.05) is 11.3 Å². The number of carboxylic acids is 1. The fourth-order valence-electron chi connectivity index (χ4n) is 5.14. The lowest BCUT2D eigenvalue weighted by Crippen LogP contribution is -2.60. The number of nitroso groups, excluding NO2 is 2. The van der Waals surface area contributed by atoms with Crippen LogP contribution in [0.5, 0.6) is 5.75 Å². The minimum atomic E-state index is -4.67. The summed E-state index contributed by atoms with van der Waals surface area (Å²) in [5.74, 6) is -3.13. The zero-order valence-electron chi connectivity index (χ0n) is 22.2. The predicted molar refractivity (Wildman–Crippen MR) is 151 cm³/mol. The second-order valence-electron chi connectivity index (χ2n) is 10.0. The van der Waals surface area contributed by atoms with E-state index in [1.54, 1.807) is 54.6 Å². The molecule has 0 radical (unpaired) electrons. The van der Waals surface area contributed by atoms with Gasteiger partial charge in [0.25, 0.3) is 0 Å². The second kappa shape index (κ2) is 12.0. The monoisotopic (exact) mass is 611 g/mol. The summed E-state index contributed by atoms with van der Waals surface area (Å²) < 4.78 is 37.3. The van der Waals surface area contributed by atoms with Crippen molar-refractivity contribution in [3.8, 4) is 16.9 Å². The Morgan fingerprint density at radius 3 is 2.26 bits per heavy atom. The Labute approximate surface area is 244 Å². The molecule has 6 atom stereocenters. The topological polar surface area (TPSA) is 210 Å². The molecular weight excluding hydrogens is 586 g/mol. The molecule has 43 heavy (non-hydrogen) atoms. The molecule has 2 aliphatic heterocycles. The first-order valence-corrected chi connectivity index (χ1v) is 14.5. The van der Waals surface area contributed by atoms with Crippen LogP contribution >= 0.6 is 0 Å². The number of aliphatic carboxylic acids is 1. The number of carbonyl (C=O) groups excluding carboxylic acids is 1. The van der Waals surface area contributed by atoms with Gasteiger partial charge in [-0.25, -0.2) is 4.79 Å². The maximum atomic E-state index is 13.3. The van der Waals surface area contributed by atoms with Crippen LogP contribution in [0.25, 0.3) is 11.1 Å². The summed E-state index contributed by atoms with van der Waals surface area (Å²) in [6.45, 7) is 0. The molecule has 2 saturated heterocycles. The molecule has 3 aromatic rings. The molecule has 0 aliphatic carbocycles. The van der Waals surface area contributed by atoms with Crippen LogP contribution in [0.2, 0.25) is 0 Å². The summed E-state index contributed by atoms with van der Waals surface area (Å²) in [4.78, 5) is 47.7. The van der Waals surface area contributed by atoms with Crippen molar-refractivity contribution in [1.29, 1.82) is 0 Å². The number of anilines is 1. The van der Waals surface area contributed by atoms with E-state index in [1.165, 1.54) is 23.1 Å². The summed E-state index contributed by atoms with van der Waals surface area (Å²) in [5.41, 5.74) is 2.21. The molecule has 14 nitrogen and oxygen atoms in total. The summed E-state index contributed by atoms with van der Waals surface area (Å²) in [5, 5.41) is 35.3. The highest BCUT2D eigenvalue weighted by Gasteiger charge is 2.50. The smallest absolute Gasteiger partial charge is 0.335 e. The van der Waals surface area contributed by atoms with Gasteiger partial charge in [-0.2, -0.15) is 13.3 Å². The maximum Gasteiger partial charge on any atom is 0.335 e. The van der Waals surface area contributed by atoms with Crippen LogP contribution in [0.3, 0.4) is 0 Å². The third-order valence-electron chi connectivity index (χ3n) is 7.32. The Bertz CT molecular complexity index is 1650. The summed E-state index contributed by atoms with van der Waals surface area (Å²) in [6.07, 6.45) is -7.70. The van der Waals surface area contributed by atoms with E-state index in [-0.39, 0.29) is 23.8 Å². The summed E-state index contributed by atoms with van der Waals surface area (Å²) in [7, 11) is -4.67. The molecule has 1 amide bonds. The Morgan fingerprint density at radius 1 is 0.977 bits per heavy atom. The van der Waals surface area contributed by atoms with Crippen molar-refractivity contribution in [3.63, 3.8) is 0 Å². The van der Waals surface area contributed by atoms with Gasteiger partial charge in [-0.15, -0.1) is 4.91 Å². The van der Waals surface area contributed by atoms with E-state index in [1.807, 2.05) is 0 Å². The molecule has 3 aromatic carbocycles. The highest BCUT2D eigenvalue weighted by atomic mass is 32.2. The van der Waals surface area contributed by atoms with Gasteiger partial charge in [-0.05, 0) is 46.6 Å². The van der Waals surface area contributed by atoms with Gasteiger partial charge in [0.1, 0.15) is 41.5 Å². The zero-order valence-corrected chi connectivity index (χ0v) is 23.0. The SMILES string of the molecule is O=Nc1ccc(-c2ccc(C3CC(=O)N3c3ccccc3)c(OS(=O)(=O)CC3OC(C(=O)O)C(O)C(N=O)C3O)c2)cc1. The van der Waals surface area contributed by atoms with Crippen LogP contribution in [0.4, 0.5) is 11.4 Å². The van der Waals surface area contributed by atoms with Crippen molar-refractivity contribution in [2.24, 2.45) is 10.4 Å². The van der Waals surface area contributed by atoms with Crippen LogP contribution < -0.4 is 9.08 Å². The van der Waals surface area contributed by atoms with E-state index >= 15 is 0 Å². The van der Waals surface area contributed by atoms with Gasteiger partial charge >= 0.3 is 16.1 Å². The number of aliphatic hydroxyl groups excluding tert-OH is 2. The number of benzene rings is 3. The lowest BCUT2D eigenvalue weighted by Gasteiger charge is -2.41. The van der Waals surface area contributed by atoms with E-state index < -0.39 is 58.3 Å². The first-order valence-electron chi connectivity index (χ1n) is 13.0. The van der Waals surface area contributed by atoms with Gasteiger partial charge in [-0.1, -0.05) is 47.6 Å². The average Bonchev–Trinajstić information content (AvgIpc) is 2.98. The molecule has 0 aromatic heterocycles. The standard InChI is InChI=1S/C28H25N3O11S/c32-23-13-20(31(23)18-4-2-1-3-5-18)19-11-8-16(15-6-9-17(29-37)10-7-15)12-21(19)42-43(39,40)14-22-25(33)24(30-38)26(34)27(41-22)28(35)36/h1-12,20,22,24-27,33-34H,13-14H2,(H,35,36). The zero-order chi connectivity index (χ0) is 30.9.